The summed E-state index contributed by atoms with van der Waals surface area (Å²) in [5.41, 5.74) is 1.20. The van der Waals surface area contributed by atoms with Crippen molar-refractivity contribution in [1.82, 2.24) is 9.80 Å². The van der Waals surface area contributed by atoms with Gasteiger partial charge in [0.25, 0.3) is 5.69 Å². The smallest absolute Gasteiger partial charge is 0.269 e. The molecular weight excluding hydrogens is 322 g/mol. The van der Waals surface area contributed by atoms with Crippen molar-refractivity contribution in [2.24, 2.45) is 5.92 Å². The Morgan fingerprint density at radius 3 is 2.76 bits per heavy atom. The summed E-state index contributed by atoms with van der Waals surface area (Å²) in [6.45, 7) is 3.82. The maximum Gasteiger partial charge on any atom is 0.269 e. The first-order chi connectivity index (χ1) is 12.0. The quantitative estimate of drug-likeness (QED) is 0.530. The lowest BCUT2D eigenvalue weighted by Gasteiger charge is -2.34. The zero-order valence-electron chi connectivity index (χ0n) is 15.0. The van der Waals surface area contributed by atoms with Crippen LogP contribution in [0.4, 0.5) is 5.69 Å². The van der Waals surface area contributed by atoms with Gasteiger partial charge in [0.2, 0.25) is 5.91 Å². The number of nitro benzene ring substituents is 1. The van der Waals surface area contributed by atoms with Gasteiger partial charge in [0, 0.05) is 45.9 Å². The van der Waals surface area contributed by atoms with Crippen LogP contribution in [0.5, 0.6) is 0 Å². The molecule has 1 aromatic rings. The van der Waals surface area contributed by atoms with Gasteiger partial charge in [-0.2, -0.15) is 0 Å². The number of rotatable bonds is 8. The number of nitrogens with zero attached hydrogens (tertiary/aromatic N) is 3. The van der Waals surface area contributed by atoms with E-state index in [0.717, 1.165) is 44.5 Å². The first-order valence-corrected chi connectivity index (χ1v) is 8.71. The van der Waals surface area contributed by atoms with Crippen molar-refractivity contribution >= 4 is 11.6 Å². The number of hydrogen-bond donors (Lipinski definition) is 0. The number of carbonyl (C=O) groups is 1. The summed E-state index contributed by atoms with van der Waals surface area (Å²) in [5, 5.41) is 10.7. The second kappa shape index (κ2) is 9.48. The Kier molecular flexibility index (Phi) is 7.33. The molecule has 7 nitrogen and oxygen atoms in total. The highest BCUT2D eigenvalue weighted by atomic mass is 16.6. The summed E-state index contributed by atoms with van der Waals surface area (Å²) in [6, 6.07) is 6.71. The van der Waals surface area contributed by atoms with Crippen LogP contribution in [-0.2, 0) is 16.0 Å². The summed E-state index contributed by atoms with van der Waals surface area (Å²) in [7, 11) is 3.47. The van der Waals surface area contributed by atoms with Crippen LogP contribution in [0.25, 0.3) is 0 Å². The number of ether oxygens (including phenoxy) is 1. The zero-order chi connectivity index (χ0) is 18.2. The number of carbonyl (C=O) groups excluding carboxylic acids is 1. The molecule has 1 aliphatic heterocycles. The van der Waals surface area contributed by atoms with Crippen molar-refractivity contribution in [3.63, 3.8) is 0 Å². The molecule has 1 amide bonds. The van der Waals surface area contributed by atoms with Crippen molar-refractivity contribution in [1.29, 1.82) is 0 Å². The SMILES string of the molecule is COCCN(C)C(=O)[C@H]1CCCN(CCc2ccc([N+](=O)[O-])cc2)C1. The minimum absolute atomic E-state index is 0.0486. The molecule has 2 rings (SSSR count). The van der Waals surface area contributed by atoms with Gasteiger partial charge in [0.1, 0.15) is 0 Å². The molecule has 0 aliphatic carbocycles. The lowest BCUT2D eigenvalue weighted by Crippen LogP contribution is -2.44. The molecule has 1 saturated heterocycles. The van der Waals surface area contributed by atoms with Gasteiger partial charge in [0.05, 0.1) is 17.4 Å². The van der Waals surface area contributed by atoms with Gasteiger partial charge in [-0.05, 0) is 31.4 Å². The number of non-ortho nitro benzene ring substituents is 1. The van der Waals surface area contributed by atoms with Crippen LogP contribution in [0.2, 0.25) is 0 Å². The predicted molar refractivity (Wildman–Crippen MR) is 95.5 cm³/mol. The van der Waals surface area contributed by atoms with E-state index in [2.05, 4.69) is 4.90 Å². The molecule has 0 N–H and O–H groups in total. The van der Waals surface area contributed by atoms with Gasteiger partial charge in [-0.25, -0.2) is 0 Å². The van der Waals surface area contributed by atoms with Crippen LogP contribution in [0, 0.1) is 16.0 Å². The molecule has 25 heavy (non-hydrogen) atoms. The molecule has 1 fully saturated rings. The van der Waals surface area contributed by atoms with Crippen molar-refractivity contribution in [2.45, 2.75) is 19.3 Å². The normalized spacial score (nSPS) is 18.1. The molecule has 0 aromatic heterocycles. The number of likely N-dealkylation sites (N-methyl/N-ethyl adjacent to an activating group) is 1. The van der Waals surface area contributed by atoms with Crippen LogP contribution >= 0.6 is 0 Å². The van der Waals surface area contributed by atoms with E-state index in [1.807, 2.05) is 19.2 Å². The second-order valence-electron chi connectivity index (χ2n) is 6.57. The number of likely N-dealkylation sites (tertiary alicyclic amines) is 1. The Labute approximate surface area is 148 Å². The van der Waals surface area contributed by atoms with E-state index in [1.54, 1.807) is 24.1 Å². The van der Waals surface area contributed by atoms with Gasteiger partial charge < -0.3 is 14.5 Å². The third kappa shape index (κ3) is 5.79. The maximum atomic E-state index is 12.5. The van der Waals surface area contributed by atoms with E-state index in [-0.39, 0.29) is 22.4 Å². The predicted octanol–water partition coefficient (Wildman–Crippen LogP) is 1.95. The first-order valence-electron chi connectivity index (χ1n) is 8.71. The van der Waals surface area contributed by atoms with Gasteiger partial charge >= 0.3 is 0 Å². The topological polar surface area (TPSA) is 75.9 Å². The summed E-state index contributed by atoms with van der Waals surface area (Å²) in [5.74, 6) is 0.240. The maximum absolute atomic E-state index is 12.5. The molecule has 0 spiro atoms. The van der Waals surface area contributed by atoms with E-state index in [1.165, 1.54) is 0 Å². The van der Waals surface area contributed by atoms with E-state index in [0.29, 0.717) is 13.2 Å². The first kappa shape index (κ1) is 19.3. The monoisotopic (exact) mass is 349 g/mol. The number of nitro groups is 1. The van der Waals surface area contributed by atoms with E-state index in [9.17, 15) is 14.9 Å². The van der Waals surface area contributed by atoms with Crippen LogP contribution in [0.1, 0.15) is 18.4 Å². The molecule has 0 unspecified atom stereocenters. The van der Waals surface area contributed by atoms with Crippen molar-refractivity contribution in [3.05, 3.63) is 39.9 Å². The molecule has 0 saturated carbocycles. The minimum atomic E-state index is -0.384. The molecule has 1 heterocycles. The summed E-state index contributed by atoms with van der Waals surface area (Å²) < 4.78 is 5.04. The second-order valence-corrected chi connectivity index (χ2v) is 6.57. The van der Waals surface area contributed by atoms with Crippen molar-refractivity contribution in [3.8, 4) is 0 Å². The number of piperidine rings is 1. The summed E-state index contributed by atoms with van der Waals surface area (Å²) in [4.78, 5) is 26.9. The Morgan fingerprint density at radius 1 is 1.40 bits per heavy atom. The standard InChI is InChI=1S/C18H27N3O4/c1-19(12-13-25-2)18(22)16-4-3-10-20(14-16)11-9-15-5-7-17(8-6-15)21(23)24/h5-8,16H,3-4,9-14H2,1-2H3/t16-/m0/s1. The highest BCUT2D eigenvalue weighted by molar-refractivity contribution is 5.78. The highest BCUT2D eigenvalue weighted by Gasteiger charge is 2.27. The Hall–Kier alpha value is -1.99. The van der Waals surface area contributed by atoms with Gasteiger partial charge in [0.15, 0.2) is 0 Å². The molecule has 0 radical (unpaired) electrons. The fourth-order valence-electron chi connectivity index (χ4n) is 3.18. The molecule has 0 bridgehead atoms. The van der Waals surface area contributed by atoms with Crippen LogP contribution in [0.15, 0.2) is 24.3 Å². The Balaban J connectivity index is 1.82. The van der Waals surface area contributed by atoms with Crippen molar-refractivity contribution < 1.29 is 14.5 Å². The Bertz CT molecular complexity index is 576. The van der Waals surface area contributed by atoms with Gasteiger partial charge in [-0.3, -0.25) is 14.9 Å². The average Bonchev–Trinajstić information content (AvgIpc) is 2.64. The molecule has 1 aliphatic rings. The molecule has 138 valence electrons. The summed E-state index contributed by atoms with van der Waals surface area (Å²) >= 11 is 0. The number of hydrogen-bond acceptors (Lipinski definition) is 5. The van der Waals surface area contributed by atoms with Crippen LogP contribution in [0.3, 0.4) is 0 Å². The zero-order valence-corrected chi connectivity index (χ0v) is 15.0. The number of benzene rings is 1. The Morgan fingerprint density at radius 2 is 2.12 bits per heavy atom. The minimum Gasteiger partial charge on any atom is -0.383 e. The van der Waals surface area contributed by atoms with Crippen molar-refractivity contribution in [2.75, 3.05) is 46.9 Å². The lowest BCUT2D eigenvalue weighted by atomic mass is 9.96. The highest BCUT2D eigenvalue weighted by Crippen LogP contribution is 2.19. The van der Waals surface area contributed by atoms with E-state index >= 15 is 0 Å². The van der Waals surface area contributed by atoms with Gasteiger partial charge in [-0.15, -0.1) is 0 Å². The molecular formula is C18H27N3O4. The fourth-order valence-corrected chi connectivity index (χ4v) is 3.18. The summed E-state index contributed by atoms with van der Waals surface area (Å²) in [6.07, 6.45) is 2.79. The van der Waals surface area contributed by atoms with Gasteiger partial charge in [-0.1, -0.05) is 12.1 Å². The van der Waals surface area contributed by atoms with E-state index < -0.39 is 0 Å². The molecule has 1 aromatic carbocycles. The molecule has 7 heteroatoms. The molecule has 1 atom stereocenters. The fraction of sp³-hybridized carbons (Fsp3) is 0.611. The largest absolute Gasteiger partial charge is 0.383 e. The lowest BCUT2D eigenvalue weighted by molar-refractivity contribution is -0.384. The van der Waals surface area contributed by atoms with Crippen LogP contribution < -0.4 is 0 Å². The number of methoxy groups -OCH3 is 1. The number of amides is 1. The van der Waals surface area contributed by atoms with E-state index in [4.69, 9.17) is 4.74 Å². The third-order valence-electron chi connectivity index (χ3n) is 4.73. The van der Waals surface area contributed by atoms with Crippen LogP contribution in [-0.4, -0.2) is 67.6 Å². The third-order valence-corrected chi connectivity index (χ3v) is 4.73. The average molecular weight is 349 g/mol.